The molecular formula is C56H36N6. The van der Waals surface area contributed by atoms with Crippen molar-refractivity contribution in [2.24, 2.45) is 0 Å². The second-order valence-corrected chi connectivity index (χ2v) is 15.5. The number of hydrogen-bond acceptors (Lipinski definition) is 4. The number of hydrogen-bond donors (Lipinski definition) is 0. The summed E-state index contributed by atoms with van der Waals surface area (Å²) in [6.07, 6.45) is 0. The third kappa shape index (κ3) is 5.96. The zero-order valence-corrected chi connectivity index (χ0v) is 33.5. The average molecular weight is 793 g/mol. The van der Waals surface area contributed by atoms with E-state index >= 15 is 0 Å². The van der Waals surface area contributed by atoms with Crippen LogP contribution in [-0.2, 0) is 0 Å². The summed E-state index contributed by atoms with van der Waals surface area (Å²) in [5.74, 6) is 1.72. The lowest BCUT2D eigenvalue weighted by Crippen LogP contribution is -2.01. The maximum absolute atomic E-state index is 5.33. The summed E-state index contributed by atoms with van der Waals surface area (Å²) in [7, 11) is 0. The number of nitrogens with zero attached hydrogens (tertiary/aromatic N) is 6. The highest BCUT2D eigenvalue weighted by Crippen LogP contribution is 2.41. The Morgan fingerprint density at radius 1 is 0.274 bits per heavy atom. The first-order valence-corrected chi connectivity index (χ1v) is 20.8. The van der Waals surface area contributed by atoms with Crippen molar-refractivity contribution in [1.82, 2.24) is 29.1 Å². The summed E-state index contributed by atoms with van der Waals surface area (Å²) in [6.45, 7) is 0. The molecule has 0 saturated carbocycles. The second-order valence-electron chi connectivity index (χ2n) is 15.5. The summed E-state index contributed by atoms with van der Waals surface area (Å²) in [5, 5.41) is 4.73. The predicted octanol–water partition coefficient (Wildman–Crippen LogP) is 13.8. The van der Waals surface area contributed by atoms with E-state index in [0.29, 0.717) is 23.2 Å². The molecule has 0 bridgehead atoms. The van der Waals surface area contributed by atoms with Crippen molar-refractivity contribution >= 4 is 43.6 Å². The smallest absolute Gasteiger partial charge is 0.182 e. The number of fused-ring (bicyclic) bond motifs is 6. The highest BCUT2D eigenvalue weighted by atomic mass is 15.0. The van der Waals surface area contributed by atoms with Crippen molar-refractivity contribution in [3.8, 4) is 68.1 Å². The SMILES string of the molecule is c1ccc(-c2nc(-c3ccccc3)nc(-c3cccc(-c4cccc5c4c4cc(-c6ccc7c(c6)c6ccccc6n7-c6ccccc6)ccc4n5-c4ccccc4)n3)n2)cc1. The van der Waals surface area contributed by atoms with E-state index in [0.717, 1.165) is 66.7 Å². The number of para-hydroxylation sites is 3. The van der Waals surface area contributed by atoms with Crippen LogP contribution in [0.1, 0.15) is 0 Å². The third-order valence-electron chi connectivity index (χ3n) is 11.8. The fourth-order valence-electron chi connectivity index (χ4n) is 8.96. The first-order valence-electron chi connectivity index (χ1n) is 20.8. The summed E-state index contributed by atoms with van der Waals surface area (Å²) >= 11 is 0. The van der Waals surface area contributed by atoms with E-state index in [1.807, 2.05) is 72.8 Å². The highest BCUT2D eigenvalue weighted by molar-refractivity contribution is 6.17. The number of pyridine rings is 1. The first-order chi connectivity index (χ1) is 30.7. The molecule has 0 spiro atoms. The Balaban J connectivity index is 1.05. The summed E-state index contributed by atoms with van der Waals surface area (Å²) in [4.78, 5) is 20.2. The molecule has 0 saturated heterocycles. The Hall–Kier alpha value is -8.48. The normalized spacial score (nSPS) is 11.5. The average Bonchev–Trinajstić information content (AvgIpc) is 3.87. The quantitative estimate of drug-likeness (QED) is 0.161. The molecule has 0 atom stereocenters. The van der Waals surface area contributed by atoms with E-state index in [-0.39, 0.29) is 0 Å². The van der Waals surface area contributed by atoms with Gasteiger partial charge >= 0.3 is 0 Å². The van der Waals surface area contributed by atoms with Crippen LogP contribution in [0, 0.1) is 0 Å². The van der Waals surface area contributed by atoms with Gasteiger partial charge in [-0.05, 0) is 83.9 Å². The van der Waals surface area contributed by atoms with Gasteiger partial charge < -0.3 is 9.13 Å². The van der Waals surface area contributed by atoms with Gasteiger partial charge in [0, 0.05) is 49.6 Å². The lowest BCUT2D eigenvalue weighted by Gasteiger charge is -2.10. The van der Waals surface area contributed by atoms with Gasteiger partial charge in [-0.25, -0.2) is 19.9 Å². The molecule has 290 valence electrons. The van der Waals surface area contributed by atoms with Crippen LogP contribution < -0.4 is 0 Å². The van der Waals surface area contributed by atoms with E-state index < -0.39 is 0 Å². The standard InChI is InChI=1S/C56H36N6/c1-5-17-37(18-6-1)54-58-55(38-19-7-2-8-20-38)60-56(59-54)48-28-16-27-47(57-48)44-26-15-30-52-53(44)46-36-40(32-34-51(46)62(52)42-23-11-4-12-24-42)39-31-33-50-45(35-39)43-25-13-14-29-49(43)61(50)41-21-9-3-10-22-41/h1-36H. The Bertz CT molecular complexity index is 3560. The molecule has 0 radical (unpaired) electrons. The van der Waals surface area contributed by atoms with Gasteiger partial charge in [-0.1, -0.05) is 146 Å². The molecule has 12 aromatic rings. The van der Waals surface area contributed by atoms with E-state index in [1.165, 1.54) is 21.8 Å². The topological polar surface area (TPSA) is 61.4 Å². The molecule has 0 aliphatic rings. The van der Waals surface area contributed by atoms with Gasteiger partial charge in [0.15, 0.2) is 17.5 Å². The molecule has 0 unspecified atom stereocenters. The van der Waals surface area contributed by atoms with E-state index in [2.05, 4.69) is 155 Å². The molecule has 0 N–H and O–H groups in total. The van der Waals surface area contributed by atoms with Gasteiger partial charge in [0.05, 0.1) is 27.8 Å². The van der Waals surface area contributed by atoms with Gasteiger partial charge in [0.2, 0.25) is 0 Å². The first kappa shape index (κ1) is 35.5. The highest BCUT2D eigenvalue weighted by Gasteiger charge is 2.20. The Morgan fingerprint density at radius 2 is 0.742 bits per heavy atom. The molecule has 4 heterocycles. The summed E-state index contributed by atoms with van der Waals surface area (Å²) in [6, 6.07) is 76.4. The zero-order chi connectivity index (χ0) is 41.0. The fourth-order valence-corrected chi connectivity index (χ4v) is 8.96. The van der Waals surface area contributed by atoms with Crippen molar-refractivity contribution in [3.05, 3.63) is 218 Å². The van der Waals surface area contributed by atoms with Gasteiger partial charge in [0.1, 0.15) is 5.69 Å². The number of rotatable bonds is 7. The minimum Gasteiger partial charge on any atom is -0.309 e. The minimum atomic E-state index is 0.518. The minimum absolute atomic E-state index is 0.518. The molecule has 6 heteroatoms. The summed E-state index contributed by atoms with van der Waals surface area (Å²) < 4.78 is 4.73. The fraction of sp³-hybridized carbons (Fsp3) is 0. The van der Waals surface area contributed by atoms with E-state index in [9.17, 15) is 0 Å². The van der Waals surface area contributed by atoms with Crippen molar-refractivity contribution in [2.45, 2.75) is 0 Å². The van der Waals surface area contributed by atoms with E-state index in [1.54, 1.807) is 0 Å². The van der Waals surface area contributed by atoms with Gasteiger partial charge in [-0.2, -0.15) is 0 Å². The van der Waals surface area contributed by atoms with Crippen LogP contribution in [0.5, 0.6) is 0 Å². The Labute approximate surface area is 357 Å². The van der Waals surface area contributed by atoms with Crippen LogP contribution in [0.15, 0.2) is 218 Å². The molecule has 0 amide bonds. The van der Waals surface area contributed by atoms with Gasteiger partial charge in [-0.3, -0.25) is 0 Å². The van der Waals surface area contributed by atoms with E-state index in [4.69, 9.17) is 19.9 Å². The molecular weight excluding hydrogens is 757 g/mol. The number of aromatic nitrogens is 6. The second kappa shape index (κ2) is 14.7. The van der Waals surface area contributed by atoms with Crippen LogP contribution in [-0.4, -0.2) is 29.1 Å². The van der Waals surface area contributed by atoms with Crippen LogP contribution in [0.4, 0.5) is 0 Å². The van der Waals surface area contributed by atoms with Gasteiger partial charge in [-0.15, -0.1) is 0 Å². The molecule has 8 aromatic carbocycles. The lowest BCUT2D eigenvalue weighted by atomic mass is 9.98. The molecule has 0 aliphatic carbocycles. The van der Waals surface area contributed by atoms with Crippen LogP contribution in [0.25, 0.3) is 112 Å². The Kier molecular flexibility index (Phi) is 8.38. The Morgan fingerprint density at radius 3 is 1.39 bits per heavy atom. The maximum Gasteiger partial charge on any atom is 0.182 e. The maximum atomic E-state index is 5.33. The summed E-state index contributed by atoms with van der Waals surface area (Å²) in [5.41, 5.74) is 13.5. The third-order valence-corrected chi connectivity index (χ3v) is 11.8. The predicted molar refractivity (Wildman–Crippen MR) is 253 cm³/mol. The molecule has 62 heavy (non-hydrogen) atoms. The number of benzene rings is 8. The molecule has 0 aliphatic heterocycles. The molecule has 6 nitrogen and oxygen atoms in total. The van der Waals surface area contributed by atoms with Crippen molar-refractivity contribution in [3.63, 3.8) is 0 Å². The molecule has 4 aromatic heterocycles. The largest absolute Gasteiger partial charge is 0.309 e. The monoisotopic (exact) mass is 792 g/mol. The molecule has 0 fully saturated rings. The van der Waals surface area contributed by atoms with Crippen LogP contribution >= 0.6 is 0 Å². The van der Waals surface area contributed by atoms with Crippen LogP contribution in [0.3, 0.4) is 0 Å². The molecule has 12 rings (SSSR count). The lowest BCUT2D eigenvalue weighted by molar-refractivity contribution is 1.06. The zero-order valence-electron chi connectivity index (χ0n) is 33.5. The van der Waals surface area contributed by atoms with Crippen molar-refractivity contribution in [1.29, 1.82) is 0 Å². The van der Waals surface area contributed by atoms with Gasteiger partial charge in [0.25, 0.3) is 0 Å². The van der Waals surface area contributed by atoms with Crippen LogP contribution in [0.2, 0.25) is 0 Å². The van der Waals surface area contributed by atoms with Crippen molar-refractivity contribution < 1.29 is 0 Å². The van der Waals surface area contributed by atoms with Crippen molar-refractivity contribution in [2.75, 3.05) is 0 Å².